The van der Waals surface area contributed by atoms with Crippen LogP contribution in [0.15, 0.2) is 85.3 Å². The molecule has 2 aliphatic rings. The summed E-state index contributed by atoms with van der Waals surface area (Å²) in [6, 6.07) is 23.4. The zero-order valence-electron chi connectivity index (χ0n) is 25.3. The predicted octanol–water partition coefficient (Wildman–Crippen LogP) is 4.11. The largest absolute Gasteiger partial charge is 0.487 e. The molecule has 2 aliphatic heterocycles. The van der Waals surface area contributed by atoms with Gasteiger partial charge in [0.1, 0.15) is 36.1 Å². The Kier molecular flexibility index (Phi) is 9.06. The molecule has 0 aliphatic carbocycles. The van der Waals surface area contributed by atoms with E-state index in [-0.39, 0.29) is 5.92 Å². The Labute approximate surface area is 263 Å². The van der Waals surface area contributed by atoms with E-state index >= 15 is 0 Å². The standard InChI is InChI=1S/C34H39N9O2/c1-2-16-37-33(7-1)34(25-8-12-31(13-9-25)44-23-29-21-42(40-38-29)19-27-5-3-17-35-27)26-10-14-32(15-11-26)45-24-30-22-43(41-39-30)20-28-6-4-18-36-28/h1-2,7-16,21-22,27-28,34-36H,3-6,17-20,23-24H2/t27-,28-/m1/s1. The highest BCUT2D eigenvalue weighted by atomic mass is 16.5. The Hall–Kier alpha value is -4.61. The van der Waals surface area contributed by atoms with Gasteiger partial charge in [0.2, 0.25) is 0 Å². The molecule has 232 valence electrons. The summed E-state index contributed by atoms with van der Waals surface area (Å²) in [6.45, 7) is 4.58. The molecule has 45 heavy (non-hydrogen) atoms. The number of aromatic nitrogens is 7. The fourth-order valence-electron chi connectivity index (χ4n) is 6.17. The van der Waals surface area contributed by atoms with Crippen molar-refractivity contribution in [3.8, 4) is 11.5 Å². The first kappa shape index (κ1) is 29.1. The number of nitrogens with one attached hydrogen (secondary N) is 2. The topological polar surface area (TPSA) is 117 Å². The Bertz CT molecular complexity index is 1520. The molecule has 2 atom stereocenters. The van der Waals surface area contributed by atoms with Crippen molar-refractivity contribution in [1.29, 1.82) is 0 Å². The van der Waals surface area contributed by atoms with Crippen LogP contribution < -0.4 is 20.1 Å². The van der Waals surface area contributed by atoms with Crippen molar-refractivity contribution in [2.24, 2.45) is 0 Å². The molecule has 0 bridgehead atoms. The molecule has 0 saturated carbocycles. The lowest BCUT2D eigenvalue weighted by Crippen LogP contribution is -2.26. The lowest BCUT2D eigenvalue weighted by Gasteiger charge is -2.19. The van der Waals surface area contributed by atoms with E-state index in [0.717, 1.165) is 65.9 Å². The highest BCUT2D eigenvalue weighted by Gasteiger charge is 2.19. The number of nitrogens with zero attached hydrogens (tertiary/aromatic N) is 7. The molecular weight excluding hydrogens is 566 g/mol. The van der Waals surface area contributed by atoms with Gasteiger partial charge in [-0.15, -0.1) is 10.2 Å². The Morgan fingerprint density at radius 1 is 0.689 bits per heavy atom. The highest BCUT2D eigenvalue weighted by Crippen LogP contribution is 2.33. The Morgan fingerprint density at radius 3 is 1.67 bits per heavy atom. The maximum absolute atomic E-state index is 6.06. The van der Waals surface area contributed by atoms with E-state index in [9.17, 15) is 0 Å². The summed E-state index contributed by atoms with van der Waals surface area (Å²) in [5, 5.41) is 24.1. The van der Waals surface area contributed by atoms with Crippen LogP contribution in [0.25, 0.3) is 0 Å². The summed E-state index contributed by atoms with van der Waals surface area (Å²) in [7, 11) is 0. The van der Waals surface area contributed by atoms with E-state index in [0.29, 0.717) is 25.3 Å². The molecule has 5 aromatic rings. The van der Waals surface area contributed by atoms with E-state index < -0.39 is 0 Å². The van der Waals surface area contributed by atoms with Crippen LogP contribution in [-0.2, 0) is 26.3 Å². The first-order valence-corrected chi connectivity index (χ1v) is 15.9. The number of pyridine rings is 1. The number of hydrogen-bond donors (Lipinski definition) is 2. The van der Waals surface area contributed by atoms with Crippen LogP contribution in [0.2, 0.25) is 0 Å². The van der Waals surface area contributed by atoms with Gasteiger partial charge in [0, 0.05) is 18.3 Å². The molecule has 0 amide bonds. The molecule has 2 aromatic carbocycles. The Morgan fingerprint density at radius 2 is 1.22 bits per heavy atom. The zero-order valence-corrected chi connectivity index (χ0v) is 25.3. The fourth-order valence-corrected chi connectivity index (χ4v) is 6.17. The van der Waals surface area contributed by atoms with Crippen LogP contribution in [0.1, 0.15) is 59.8 Å². The van der Waals surface area contributed by atoms with Gasteiger partial charge in [0.15, 0.2) is 0 Å². The molecule has 2 saturated heterocycles. The summed E-state index contributed by atoms with van der Waals surface area (Å²) in [6.07, 6.45) is 10.6. The number of ether oxygens (including phenoxy) is 2. The monoisotopic (exact) mass is 605 g/mol. The average molecular weight is 606 g/mol. The average Bonchev–Trinajstić information content (AvgIpc) is 3.92. The second kappa shape index (κ2) is 14.0. The van der Waals surface area contributed by atoms with Crippen LogP contribution in [0, 0.1) is 0 Å². The third kappa shape index (κ3) is 7.55. The minimum absolute atomic E-state index is 0.0394. The van der Waals surface area contributed by atoms with Gasteiger partial charge in [-0.25, -0.2) is 0 Å². The minimum Gasteiger partial charge on any atom is -0.487 e. The quantitative estimate of drug-likeness (QED) is 0.205. The van der Waals surface area contributed by atoms with Crippen LogP contribution >= 0.6 is 0 Å². The third-order valence-corrected chi connectivity index (χ3v) is 8.50. The van der Waals surface area contributed by atoms with Gasteiger partial charge in [0.05, 0.1) is 37.1 Å². The van der Waals surface area contributed by atoms with Crippen LogP contribution in [0.4, 0.5) is 0 Å². The molecule has 5 heterocycles. The predicted molar refractivity (Wildman–Crippen MR) is 169 cm³/mol. The zero-order chi connectivity index (χ0) is 30.3. The van der Waals surface area contributed by atoms with E-state index in [4.69, 9.17) is 14.5 Å². The highest BCUT2D eigenvalue weighted by molar-refractivity contribution is 5.43. The number of rotatable bonds is 13. The lowest BCUT2D eigenvalue weighted by atomic mass is 9.88. The Balaban J connectivity index is 0.980. The van der Waals surface area contributed by atoms with Gasteiger partial charge in [-0.05, 0) is 86.3 Å². The number of hydrogen-bond acceptors (Lipinski definition) is 9. The van der Waals surface area contributed by atoms with Gasteiger partial charge in [0.25, 0.3) is 0 Å². The van der Waals surface area contributed by atoms with Crippen molar-refractivity contribution in [1.82, 2.24) is 45.6 Å². The lowest BCUT2D eigenvalue weighted by molar-refractivity contribution is 0.301. The first-order chi connectivity index (χ1) is 22.2. The molecule has 0 spiro atoms. The third-order valence-electron chi connectivity index (χ3n) is 8.50. The maximum Gasteiger partial charge on any atom is 0.134 e. The van der Waals surface area contributed by atoms with E-state index in [2.05, 4.69) is 61.6 Å². The van der Waals surface area contributed by atoms with Crippen molar-refractivity contribution in [2.75, 3.05) is 13.1 Å². The van der Waals surface area contributed by atoms with Crippen molar-refractivity contribution in [2.45, 2.75) is 70.0 Å². The van der Waals surface area contributed by atoms with Gasteiger partial charge in [-0.1, -0.05) is 40.8 Å². The van der Waals surface area contributed by atoms with Crippen molar-refractivity contribution in [3.63, 3.8) is 0 Å². The molecule has 11 nitrogen and oxygen atoms in total. The molecule has 2 N–H and O–H groups in total. The molecule has 2 fully saturated rings. The van der Waals surface area contributed by atoms with Crippen molar-refractivity contribution < 1.29 is 9.47 Å². The summed E-state index contributed by atoms with van der Waals surface area (Å²) < 4.78 is 15.9. The summed E-state index contributed by atoms with van der Waals surface area (Å²) in [5.74, 6) is 1.53. The van der Waals surface area contributed by atoms with Crippen LogP contribution in [-0.4, -0.2) is 60.1 Å². The van der Waals surface area contributed by atoms with Gasteiger partial charge < -0.3 is 20.1 Å². The molecule has 7 rings (SSSR count). The minimum atomic E-state index is -0.0394. The van der Waals surface area contributed by atoms with E-state index in [1.807, 2.05) is 64.4 Å². The van der Waals surface area contributed by atoms with Crippen molar-refractivity contribution >= 4 is 0 Å². The van der Waals surface area contributed by atoms with E-state index in [1.165, 1.54) is 25.7 Å². The smallest absolute Gasteiger partial charge is 0.134 e. The summed E-state index contributed by atoms with van der Waals surface area (Å²) >= 11 is 0. The van der Waals surface area contributed by atoms with E-state index in [1.54, 1.807) is 0 Å². The van der Waals surface area contributed by atoms with Crippen molar-refractivity contribution in [3.05, 3.63) is 114 Å². The van der Waals surface area contributed by atoms with Gasteiger partial charge in [-0.2, -0.15) is 0 Å². The molecule has 3 aromatic heterocycles. The molecule has 0 unspecified atom stereocenters. The second-order valence-corrected chi connectivity index (χ2v) is 11.9. The molecular formula is C34H39N9O2. The SMILES string of the molecule is c1ccc(C(c2ccc(OCc3cn(C[C@H]4CCCN4)nn3)cc2)c2ccc(OCc3cn(C[C@H]4CCCN4)nn3)cc2)nc1. The maximum atomic E-state index is 6.06. The van der Waals surface area contributed by atoms with Gasteiger partial charge in [-0.3, -0.25) is 14.3 Å². The number of benzene rings is 2. The fraction of sp³-hybridized carbons (Fsp3) is 0.382. The normalized spacial score (nSPS) is 18.1. The second-order valence-electron chi connectivity index (χ2n) is 11.9. The van der Waals surface area contributed by atoms with Crippen LogP contribution in [0.5, 0.6) is 11.5 Å². The summed E-state index contributed by atoms with van der Waals surface area (Å²) in [4.78, 5) is 4.70. The summed E-state index contributed by atoms with van der Waals surface area (Å²) in [5.41, 5.74) is 4.85. The van der Waals surface area contributed by atoms with Gasteiger partial charge >= 0.3 is 0 Å². The molecule has 0 radical (unpaired) electrons. The first-order valence-electron chi connectivity index (χ1n) is 15.9. The molecule has 11 heteroatoms. The van der Waals surface area contributed by atoms with Crippen LogP contribution in [0.3, 0.4) is 0 Å².